The number of halogens is 1. The van der Waals surface area contributed by atoms with E-state index in [0.29, 0.717) is 11.4 Å². The Kier molecular flexibility index (Phi) is 6.76. The largest absolute Gasteiger partial charge is 0.271 e. The van der Waals surface area contributed by atoms with Crippen LogP contribution in [-0.4, -0.2) is 32.8 Å². The summed E-state index contributed by atoms with van der Waals surface area (Å²) >= 11 is 2.20. The maximum absolute atomic E-state index is 12.3. The summed E-state index contributed by atoms with van der Waals surface area (Å²) in [6.45, 7) is 3.24. The number of carbonyl (C=O) groups is 1. The van der Waals surface area contributed by atoms with Gasteiger partial charge in [0.05, 0.1) is 17.7 Å². The second kappa shape index (κ2) is 8.63. The summed E-state index contributed by atoms with van der Waals surface area (Å²) in [7, 11) is -3.61. The van der Waals surface area contributed by atoms with E-state index in [1.54, 1.807) is 32.0 Å². The van der Waals surface area contributed by atoms with Gasteiger partial charge in [-0.3, -0.25) is 9.10 Å². The van der Waals surface area contributed by atoms with Gasteiger partial charge in [-0.15, -0.1) is 0 Å². The second-order valence-electron chi connectivity index (χ2n) is 5.80. The Morgan fingerprint density at radius 3 is 2.50 bits per heavy atom. The van der Waals surface area contributed by atoms with Gasteiger partial charge in [0, 0.05) is 3.57 Å². The van der Waals surface area contributed by atoms with Crippen molar-refractivity contribution in [1.82, 2.24) is 5.43 Å². The van der Waals surface area contributed by atoms with Crippen molar-refractivity contribution in [3.05, 3.63) is 63.2 Å². The predicted octanol–water partition coefficient (Wildman–Crippen LogP) is 2.91. The Balaban J connectivity index is 2.16. The Labute approximate surface area is 167 Å². The molecular formula is C18H20IN3O3S. The minimum Gasteiger partial charge on any atom is -0.271 e. The van der Waals surface area contributed by atoms with Crippen LogP contribution in [0, 0.1) is 10.5 Å². The van der Waals surface area contributed by atoms with Crippen LogP contribution in [0.3, 0.4) is 0 Å². The zero-order valence-corrected chi connectivity index (χ0v) is 17.7. The maximum Gasteiger partial charge on any atom is 0.260 e. The number of benzene rings is 2. The SMILES string of the molecule is C/C(=N/NC(=O)CN(c1ccccc1C)S(C)(=O)=O)c1cccc(I)c1. The number of hydrazone groups is 1. The van der Waals surface area contributed by atoms with Crippen LogP contribution in [0.2, 0.25) is 0 Å². The molecule has 0 saturated carbocycles. The summed E-state index contributed by atoms with van der Waals surface area (Å²) < 4.78 is 26.4. The summed E-state index contributed by atoms with van der Waals surface area (Å²) in [5, 5.41) is 4.08. The summed E-state index contributed by atoms with van der Waals surface area (Å²) in [6.07, 6.45) is 1.08. The summed E-state index contributed by atoms with van der Waals surface area (Å²) in [6, 6.07) is 14.7. The van der Waals surface area contributed by atoms with E-state index in [1.807, 2.05) is 30.3 Å². The van der Waals surface area contributed by atoms with Crippen molar-refractivity contribution < 1.29 is 13.2 Å². The van der Waals surface area contributed by atoms with Crippen LogP contribution in [0.15, 0.2) is 53.6 Å². The van der Waals surface area contributed by atoms with Gasteiger partial charge >= 0.3 is 0 Å². The fourth-order valence-corrected chi connectivity index (χ4v) is 3.77. The first-order valence-corrected chi connectivity index (χ1v) is 10.7. The highest BCUT2D eigenvalue weighted by molar-refractivity contribution is 14.1. The number of nitrogens with zero attached hydrogens (tertiary/aromatic N) is 2. The lowest BCUT2D eigenvalue weighted by molar-refractivity contribution is -0.119. The maximum atomic E-state index is 12.3. The molecule has 26 heavy (non-hydrogen) atoms. The molecule has 0 bridgehead atoms. The molecule has 0 aliphatic carbocycles. The Hall–Kier alpha value is -1.94. The quantitative estimate of drug-likeness (QED) is 0.389. The van der Waals surface area contributed by atoms with Gasteiger partial charge in [-0.2, -0.15) is 5.10 Å². The summed E-state index contributed by atoms with van der Waals surface area (Å²) in [4.78, 5) is 12.3. The van der Waals surface area contributed by atoms with Crippen molar-refractivity contribution in [2.24, 2.45) is 5.10 Å². The van der Waals surface area contributed by atoms with E-state index in [9.17, 15) is 13.2 Å². The molecule has 0 aliphatic rings. The van der Waals surface area contributed by atoms with E-state index in [2.05, 4.69) is 33.1 Å². The van der Waals surface area contributed by atoms with Gasteiger partial charge in [0.25, 0.3) is 5.91 Å². The van der Waals surface area contributed by atoms with Gasteiger partial charge in [-0.1, -0.05) is 30.3 Å². The Morgan fingerprint density at radius 2 is 1.88 bits per heavy atom. The molecule has 2 aromatic carbocycles. The molecule has 0 aromatic heterocycles. The highest BCUT2D eigenvalue weighted by Gasteiger charge is 2.22. The van der Waals surface area contributed by atoms with Crippen molar-refractivity contribution in [3.63, 3.8) is 0 Å². The Morgan fingerprint density at radius 1 is 1.19 bits per heavy atom. The molecule has 0 aliphatic heterocycles. The normalized spacial score (nSPS) is 11.9. The van der Waals surface area contributed by atoms with E-state index in [4.69, 9.17) is 0 Å². The number of para-hydroxylation sites is 1. The highest BCUT2D eigenvalue weighted by atomic mass is 127. The van der Waals surface area contributed by atoms with Gasteiger partial charge in [0.2, 0.25) is 10.0 Å². The standard InChI is InChI=1S/C18H20IN3O3S/c1-13-7-4-5-10-17(13)22(26(3,24)25)12-18(23)21-20-14(2)15-8-6-9-16(19)11-15/h4-11H,12H2,1-3H3,(H,21,23)/b20-14-. The first-order chi connectivity index (χ1) is 12.2. The van der Waals surface area contributed by atoms with Crippen molar-refractivity contribution in [2.75, 3.05) is 17.1 Å². The number of aryl methyl sites for hydroxylation is 1. The predicted molar refractivity (Wildman–Crippen MR) is 113 cm³/mol. The first kappa shape index (κ1) is 20.4. The monoisotopic (exact) mass is 485 g/mol. The third-order valence-corrected chi connectivity index (χ3v) is 5.46. The molecule has 8 heteroatoms. The third-order valence-electron chi connectivity index (χ3n) is 3.66. The van der Waals surface area contributed by atoms with Crippen LogP contribution >= 0.6 is 22.6 Å². The Bertz CT molecular complexity index is 942. The molecule has 2 rings (SSSR count). The molecule has 1 amide bonds. The fourth-order valence-electron chi connectivity index (χ4n) is 2.31. The molecule has 0 unspecified atom stereocenters. The molecule has 0 radical (unpaired) electrons. The average molecular weight is 485 g/mol. The summed E-state index contributed by atoms with van der Waals surface area (Å²) in [5.74, 6) is -0.511. The molecule has 0 heterocycles. The van der Waals surface area contributed by atoms with Crippen LogP contribution < -0.4 is 9.73 Å². The average Bonchev–Trinajstić information content (AvgIpc) is 2.57. The zero-order chi connectivity index (χ0) is 19.3. The molecule has 0 spiro atoms. The smallest absolute Gasteiger partial charge is 0.260 e. The van der Waals surface area contributed by atoms with Gasteiger partial charge in [-0.25, -0.2) is 13.8 Å². The lowest BCUT2D eigenvalue weighted by Crippen LogP contribution is -2.39. The topological polar surface area (TPSA) is 78.8 Å². The fraction of sp³-hybridized carbons (Fsp3) is 0.222. The first-order valence-electron chi connectivity index (χ1n) is 7.81. The van der Waals surface area contributed by atoms with Crippen molar-refractivity contribution in [1.29, 1.82) is 0 Å². The number of amides is 1. The van der Waals surface area contributed by atoms with E-state index < -0.39 is 15.9 Å². The van der Waals surface area contributed by atoms with Crippen LogP contribution in [0.4, 0.5) is 5.69 Å². The van der Waals surface area contributed by atoms with Crippen molar-refractivity contribution in [3.8, 4) is 0 Å². The van der Waals surface area contributed by atoms with E-state index in [-0.39, 0.29) is 6.54 Å². The molecule has 0 fully saturated rings. The molecule has 0 saturated heterocycles. The lowest BCUT2D eigenvalue weighted by Gasteiger charge is -2.23. The number of nitrogens with one attached hydrogen (secondary N) is 1. The van der Waals surface area contributed by atoms with Gasteiger partial charge in [0.1, 0.15) is 6.54 Å². The van der Waals surface area contributed by atoms with Crippen LogP contribution in [0.5, 0.6) is 0 Å². The summed E-state index contributed by atoms with van der Waals surface area (Å²) in [5.41, 5.74) is 5.20. The molecule has 2 aromatic rings. The number of sulfonamides is 1. The minimum atomic E-state index is -3.61. The zero-order valence-electron chi connectivity index (χ0n) is 14.7. The van der Waals surface area contributed by atoms with Gasteiger partial charge < -0.3 is 0 Å². The van der Waals surface area contributed by atoms with E-state index >= 15 is 0 Å². The molecule has 6 nitrogen and oxygen atoms in total. The van der Waals surface area contributed by atoms with Crippen molar-refractivity contribution >= 4 is 49.9 Å². The number of anilines is 1. The molecule has 138 valence electrons. The second-order valence-corrected chi connectivity index (χ2v) is 8.95. The lowest BCUT2D eigenvalue weighted by atomic mass is 10.1. The van der Waals surface area contributed by atoms with Crippen LogP contribution in [0.1, 0.15) is 18.1 Å². The molecule has 1 N–H and O–H groups in total. The van der Waals surface area contributed by atoms with Gasteiger partial charge in [0.15, 0.2) is 0 Å². The number of rotatable bonds is 6. The number of hydrogen-bond acceptors (Lipinski definition) is 4. The van der Waals surface area contributed by atoms with Crippen LogP contribution in [-0.2, 0) is 14.8 Å². The molecular weight excluding hydrogens is 465 g/mol. The minimum absolute atomic E-state index is 0.340. The number of hydrogen-bond donors (Lipinski definition) is 1. The van der Waals surface area contributed by atoms with E-state index in [1.165, 1.54) is 0 Å². The van der Waals surface area contributed by atoms with Gasteiger partial charge in [-0.05, 0) is 65.8 Å². The van der Waals surface area contributed by atoms with E-state index in [0.717, 1.165) is 25.3 Å². The molecule has 0 atom stereocenters. The number of carbonyl (C=O) groups excluding carboxylic acids is 1. The van der Waals surface area contributed by atoms with Crippen LogP contribution in [0.25, 0.3) is 0 Å². The third kappa shape index (κ3) is 5.53. The van der Waals surface area contributed by atoms with Crippen molar-refractivity contribution in [2.45, 2.75) is 13.8 Å². The highest BCUT2D eigenvalue weighted by Crippen LogP contribution is 2.21.